The van der Waals surface area contributed by atoms with Crippen molar-refractivity contribution in [3.8, 4) is 5.75 Å². The minimum atomic E-state index is -4.70. The van der Waals surface area contributed by atoms with Crippen LogP contribution in [0.25, 0.3) is 0 Å². The van der Waals surface area contributed by atoms with Gasteiger partial charge in [-0.15, -0.1) is 10.2 Å². The Kier molecular flexibility index (Phi) is 8.22. The molecule has 0 aliphatic carbocycles. The molecule has 1 atom stereocenters. The summed E-state index contributed by atoms with van der Waals surface area (Å²) in [4.78, 5) is 17.7. The number of amides is 2. The van der Waals surface area contributed by atoms with E-state index in [1.807, 2.05) is 30.3 Å². The van der Waals surface area contributed by atoms with E-state index in [0.717, 1.165) is 26.5 Å². The van der Waals surface area contributed by atoms with E-state index in [9.17, 15) is 22.4 Å². The lowest BCUT2D eigenvalue weighted by Gasteiger charge is -2.35. The molecule has 7 nitrogen and oxygen atoms in total. The number of nitrogens with zero attached hydrogens (tertiary/aromatic N) is 3. The minimum absolute atomic E-state index is 0.139. The molecule has 2 N–H and O–H groups in total. The number of ether oxygens (including phenoxy) is 1. The smallest absolute Gasteiger partial charge is 0.428 e. The Labute approximate surface area is 226 Å². The van der Waals surface area contributed by atoms with Crippen molar-refractivity contribution >= 4 is 45.1 Å². The molecule has 2 amide bonds. The number of nitrogens with one attached hydrogen (secondary N) is 2. The number of anilines is 1. The van der Waals surface area contributed by atoms with Gasteiger partial charge in [0.25, 0.3) is 0 Å². The topological polar surface area (TPSA) is 89.0 Å². The molecule has 0 fully saturated rings. The number of pyridine rings is 1. The zero-order valence-electron chi connectivity index (χ0n) is 18.7. The number of urea groups is 1. The maximum atomic E-state index is 13.7. The average molecular weight is 643 g/mol. The maximum absolute atomic E-state index is 13.7. The van der Waals surface area contributed by atoms with Crippen molar-refractivity contribution in [1.82, 2.24) is 20.5 Å². The fourth-order valence-corrected chi connectivity index (χ4v) is 4.39. The number of carbonyl (C=O) groups is 1. The van der Waals surface area contributed by atoms with Gasteiger partial charge in [0.05, 0.1) is 5.69 Å². The predicted molar refractivity (Wildman–Crippen MR) is 138 cm³/mol. The summed E-state index contributed by atoms with van der Waals surface area (Å²) in [6.07, 6.45) is -7.01. The Morgan fingerprint density at radius 1 is 1.08 bits per heavy atom. The van der Waals surface area contributed by atoms with Crippen LogP contribution in [-0.4, -0.2) is 33.7 Å². The summed E-state index contributed by atoms with van der Waals surface area (Å²) in [5.74, 6) is -0.503. The summed E-state index contributed by atoms with van der Waals surface area (Å²) in [5, 5.41) is 13.2. The van der Waals surface area contributed by atoms with Gasteiger partial charge in [-0.1, -0.05) is 53.8 Å². The second-order valence-electron chi connectivity index (χ2n) is 7.74. The van der Waals surface area contributed by atoms with Crippen LogP contribution in [0.2, 0.25) is 0 Å². The van der Waals surface area contributed by atoms with Gasteiger partial charge >= 0.3 is 18.6 Å². The van der Waals surface area contributed by atoms with Gasteiger partial charge < -0.3 is 10.1 Å². The third-order valence-corrected chi connectivity index (χ3v) is 6.46. The molecule has 0 aliphatic heterocycles. The molecule has 0 radical (unpaired) electrons. The Hall–Kier alpha value is -3.33. The number of alkyl halides is 4. The SMILES string of the molecule is O=C(Nc1nncs1)N[C@@](Cc1ccccc1)(c1cccc(OC(F)(F)C(F)F)c1)c1ccc(I)cn1. The van der Waals surface area contributed by atoms with Crippen LogP contribution in [0.3, 0.4) is 0 Å². The van der Waals surface area contributed by atoms with Gasteiger partial charge in [-0.3, -0.25) is 10.3 Å². The van der Waals surface area contributed by atoms with E-state index >= 15 is 0 Å². The zero-order chi connectivity index (χ0) is 26.5. The number of carbonyl (C=O) groups excluding carboxylic acids is 1. The van der Waals surface area contributed by atoms with Crippen LogP contribution >= 0.6 is 33.9 Å². The molecule has 37 heavy (non-hydrogen) atoms. The summed E-state index contributed by atoms with van der Waals surface area (Å²) < 4.78 is 58.2. The van der Waals surface area contributed by atoms with E-state index < -0.39 is 29.9 Å². The first-order valence-corrected chi connectivity index (χ1v) is 12.6. The maximum Gasteiger partial charge on any atom is 0.461 e. The number of aromatic nitrogens is 3. The number of halogens is 5. The van der Waals surface area contributed by atoms with Crippen LogP contribution in [0, 0.1) is 3.57 Å². The lowest BCUT2D eigenvalue weighted by molar-refractivity contribution is -0.253. The Morgan fingerprint density at radius 3 is 2.51 bits per heavy atom. The van der Waals surface area contributed by atoms with Crippen molar-refractivity contribution in [3.05, 3.63) is 98.8 Å². The first-order valence-electron chi connectivity index (χ1n) is 10.6. The van der Waals surface area contributed by atoms with Gasteiger partial charge in [0, 0.05) is 16.2 Å². The first-order chi connectivity index (χ1) is 17.7. The molecule has 0 saturated heterocycles. The number of rotatable bonds is 9. The molecule has 192 valence electrons. The Morgan fingerprint density at radius 2 is 1.86 bits per heavy atom. The summed E-state index contributed by atoms with van der Waals surface area (Å²) in [7, 11) is 0. The van der Waals surface area contributed by atoms with Crippen molar-refractivity contribution < 1.29 is 27.1 Å². The van der Waals surface area contributed by atoms with Crippen LogP contribution in [0.5, 0.6) is 5.75 Å². The quantitative estimate of drug-likeness (QED) is 0.171. The normalized spacial score (nSPS) is 13.1. The summed E-state index contributed by atoms with van der Waals surface area (Å²) in [5.41, 5.74) is 1.45. The molecule has 0 saturated carbocycles. The highest BCUT2D eigenvalue weighted by Gasteiger charge is 2.44. The monoisotopic (exact) mass is 643 g/mol. The van der Waals surface area contributed by atoms with Crippen molar-refractivity contribution in [2.75, 3.05) is 5.32 Å². The van der Waals surface area contributed by atoms with Crippen molar-refractivity contribution in [1.29, 1.82) is 0 Å². The van der Waals surface area contributed by atoms with Gasteiger partial charge in [-0.2, -0.15) is 17.6 Å². The molecule has 0 spiro atoms. The third kappa shape index (κ3) is 6.52. The van der Waals surface area contributed by atoms with Gasteiger partial charge in [0.15, 0.2) is 0 Å². The van der Waals surface area contributed by atoms with Gasteiger partial charge in [-0.25, -0.2) is 4.79 Å². The molecule has 2 aromatic carbocycles. The molecule has 2 aromatic heterocycles. The highest BCUT2D eigenvalue weighted by Crippen LogP contribution is 2.36. The van der Waals surface area contributed by atoms with Crippen LogP contribution in [0.4, 0.5) is 27.5 Å². The molecule has 0 bridgehead atoms. The standard InChI is InChI=1S/C24H18F4IN5O2S/c25-20(26)24(27,28)36-18-8-4-7-16(11-18)23(12-15-5-2-1-3-6-15,19-10-9-17(29)13-30-19)33-21(35)32-22-34-31-14-37-22/h1-11,13-14,20H,12H2,(H2,32,33,34,35)/t23-/m0/s1. The molecular weight excluding hydrogens is 625 g/mol. The second-order valence-corrected chi connectivity index (χ2v) is 9.82. The van der Waals surface area contributed by atoms with E-state index in [2.05, 4.69) is 53.1 Å². The van der Waals surface area contributed by atoms with E-state index in [-0.39, 0.29) is 17.1 Å². The summed E-state index contributed by atoms with van der Waals surface area (Å²) in [6.45, 7) is 0. The Bertz CT molecular complexity index is 1330. The molecule has 0 unspecified atom stereocenters. The lowest BCUT2D eigenvalue weighted by atomic mass is 9.80. The first kappa shape index (κ1) is 26.7. The number of hydrogen-bond donors (Lipinski definition) is 2. The summed E-state index contributed by atoms with van der Waals surface area (Å²) in [6, 6.07) is 17.2. The number of benzene rings is 2. The molecular formula is C24H18F4IN5O2S. The van der Waals surface area contributed by atoms with Crippen LogP contribution in [0.1, 0.15) is 16.8 Å². The number of hydrogen-bond acceptors (Lipinski definition) is 6. The fraction of sp³-hybridized carbons (Fsp3) is 0.167. The fourth-order valence-electron chi connectivity index (χ4n) is 3.63. The molecule has 2 heterocycles. The minimum Gasteiger partial charge on any atom is -0.428 e. The van der Waals surface area contributed by atoms with Crippen molar-refractivity contribution in [2.24, 2.45) is 0 Å². The largest absolute Gasteiger partial charge is 0.461 e. The van der Waals surface area contributed by atoms with Gasteiger partial charge in [0.1, 0.15) is 16.8 Å². The van der Waals surface area contributed by atoms with Crippen molar-refractivity contribution in [3.63, 3.8) is 0 Å². The van der Waals surface area contributed by atoms with Crippen LogP contribution in [0.15, 0.2) is 78.4 Å². The van der Waals surface area contributed by atoms with Gasteiger partial charge in [0.2, 0.25) is 5.13 Å². The van der Waals surface area contributed by atoms with E-state index in [1.54, 1.807) is 24.4 Å². The van der Waals surface area contributed by atoms with E-state index in [1.165, 1.54) is 17.6 Å². The van der Waals surface area contributed by atoms with E-state index in [0.29, 0.717) is 5.69 Å². The second kappa shape index (κ2) is 11.4. The van der Waals surface area contributed by atoms with Crippen molar-refractivity contribution in [2.45, 2.75) is 24.5 Å². The highest BCUT2D eigenvalue weighted by molar-refractivity contribution is 14.1. The lowest BCUT2D eigenvalue weighted by Crippen LogP contribution is -2.50. The molecule has 4 aromatic rings. The highest BCUT2D eigenvalue weighted by atomic mass is 127. The molecule has 4 rings (SSSR count). The molecule has 13 heteroatoms. The Balaban J connectivity index is 1.85. The van der Waals surface area contributed by atoms with Crippen LogP contribution < -0.4 is 15.4 Å². The third-order valence-electron chi connectivity index (χ3n) is 5.22. The average Bonchev–Trinajstić information content (AvgIpc) is 3.37. The van der Waals surface area contributed by atoms with Crippen LogP contribution in [-0.2, 0) is 12.0 Å². The predicted octanol–water partition coefficient (Wildman–Crippen LogP) is 6.08. The van der Waals surface area contributed by atoms with Gasteiger partial charge in [-0.05, 0) is 58.0 Å². The van der Waals surface area contributed by atoms with E-state index in [4.69, 9.17) is 0 Å². The molecule has 0 aliphatic rings. The zero-order valence-corrected chi connectivity index (χ0v) is 21.7. The summed E-state index contributed by atoms with van der Waals surface area (Å²) >= 11 is 3.18.